The Bertz CT molecular complexity index is 829. The Labute approximate surface area is 148 Å². The zero-order valence-electron chi connectivity index (χ0n) is 12.6. The summed E-state index contributed by atoms with van der Waals surface area (Å²) in [7, 11) is 0. The number of halogens is 3. The topological polar surface area (TPSA) is 45.2 Å². The first kappa shape index (κ1) is 15.7. The molecule has 2 amide bonds. The number of pyridine rings is 1. The fraction of sp³-hybridized carbons (Fsp3) is 0.294. The third kappa shape index (κ3) is 2.52. The Morgan fingerprint density at radius 3 is 2.88 bits per heavy atom. The molecule has 1 fully saturated rings. The molecule has 1 aromatic carbocycles. The molecule has 4 rings (SSSR count). The van der Waals surface area contributed by atoms with E-state index in [2.05, 4.69) is 10.3 Å². The highest BCUT2D eigenvalue weighted by atomic mass is 35.5. The number of anilines is 1. The predicted molar refractivity (Wildman–Crippen MR) is 91.0 cm³/mol. The van der Waals surface area contributed by atoms with Crippen LogP contribution in [0.2, 0.25) is 10.0 Å². The summed E-state index contributed by atoms with van der Waals surface area (Å²) in [4.78, 5) is 18.5. The number of aromatic nitrogens is 1. The van der Waals surface area contributed by atoms with Gasteiger partial charge in [-0.15, -0.1) is 0 Å². The molecule has 0 spiro atoms. The van der Waals surface area contributed by atoms with E-state index >= 15 is 0 Å². The molecular weight excluding hydrogens is 352 g/mol. The number of hydrogen-bond acceptors (Lipinski definition) is 2. The van der Waals surface area contributed by atoms with Crippen LogP contribution in [0, 0.1) is 5.82 Å². The molecule has 2 bridgehead atoms. The maximum Gasteiger partial charge on any atom is 0.322 e. The SMILES string of the molecule is O=C(Nc1ccc(Cl)c(Cl)c1)N1[C@H]2CC[C@@H]1c1cncc(F)c1C2. The van der Waals surface area contributed by atoms with Crippen molar-refractivity contribution in [1.82, 2.24) is 9.88 Å². The van der Waals surface area contributed by atoms with Crippen LogP contribution in [0.4, 0.5) is 14.9 Å². The van der Waals surface area contributed by atoms with Gasteiger partial charge < -0.3 is 10.2 Å². The molecule has 0 unspecified atom stereocenters. The summed E-state index contributed by atoms with van der Waals surface area (Å²) in [6, 6.07) is 4.61. The molecule has 4 nitrogen and oxygen atoms in total. The standard InChI is InChI=1S/C17H14Cl2FN3O/c18-13-3-1-9(5-14(13)19)22-17(24)23-10-2-4-16(23)12-7-21-8-15(20)11(12)6-10/h1,3,5,7-8,10,16H,2,4,6H2,(H,22,24)/t10-,16+/m0/s1. The Balaban J connectivity index is 1.61. The van der Waals surface area contributed by atoms with Crippen molar-refractivity contribution in [1.29, 1.82) is 0 Å². The van der Waals surface area contributed by atoms with Gasteiger partial charge in [0.15, 0.2) is 0 Å². The second-order valence-corrected chi connectivity index (χ2v) is 6.92. The molecule has 2 aliphatic rings. The number of hydrogen-bond donors (Lipinski definition) is 1. The Morgan fingerprint density at radius 2 is 2.08 bits per heavy atom. The molecule has 2 aliphatic heterocycles. The second-order valence-electron chi connectivity index (χ2n) is 6.11. The number of nitrogens with one attached hydrogen (secondary N) is 1. The fourth-order valence-electron chi connectivity index (χ4n) is 3.67. The Hall–Kier alpha value is -1.85. The highest BCUT2D eigenvalue weighted by Crippen LogP contribution is 2.44. The maximum absolute atomic E-state index is 14.0. The summed E-state index contributed by atoms with van der Waals surface area (Å²) in [6.45, 7) is 0. The van der Waals surface area contributed by atoms with Gasteiger partial charge >= 0.3 is 6.03 Å². The van der Waals surface area contributed by atoms with Crippen molar-refractivity contribution in [3.63, 3.8) is 0 Å². The van der Waals surface area contributed by atoms with E-state index in [1.165, 1.54) is 6.20 Å². The quantitative estimate of drug-likeness (QED) is 0.787. The summed E-state index contributed by atoms with van der Waals surface area (Å²) < 4.78 is 14.0. The van der Waals surface area contributed by atoms with E-state index in [-0.39, 0.29) is 23.9 Å². The van der Waals surface area contributed by atoms with Crippen LogP contribution in [0.15, 0.2) is 30.6 Å². The van der Waals surface area contributed by atoms with Crippen LogP contribution in [-0.2, 0) is 6.42 Å². The van der Waals surface area contributed by atoms with E-state index in [9.17, 15) is 9.18 Å². The van der Waals surface area contributed by atoms with Crippen LogP contribution in [0.25, 0.3) is 0 Å². The molecule has 1 N–H and O–H groups in total. The van der Waals surface area contributed by atoms with Crippen molar-refractivity contribution in [3.05, 3.63) is 57.6 Å². The zero-order valence-corrected chi connectivity index (χ0v) is 14.1. The van der Waals surface area contributed by atoms with Gasteiger partial charge in [-0.2, -0.15) is 0 Å². The van der Waals surface area contributed by atoms with Gasteiger partial charge in [0.1, 0.15) is 5.82 Å². The minimum atomic E-state index is -0.283. The summed E-state index contributed by atoms with van der Waals surface area (Å²) in [5, 5.41) is 3.67. The Morgan fingerprint density at radius 1 is 1.25 bits per heavy atom. The van der Waals surface area contributed by atoms with Crippen LogP contribution < -0.4 is 5.32 Å². The van der Waals surface area contributed by atoms with E-state index in [4.69, 9.17) is 23.2 Å². The minimum absolute atomic E-state index is 0.00201. The lowest BCUT2D eigenvalue weighted by atomic mass is 9.95. The first-order valence-corrected chi connectivity index (χ1v) is 8.47. The van der Waals surface area contributed by atoms with Crippen LogP contribution in [0.1, 0.15) is 30.0 Å². The summed E-state index contributed by atoms with van der Waals surface area (Å²) in [5.74, 6) is -0.283. The van der Waals surface area contributed by atoms with Crippen molar-refractivity contribution < 1.29 is 9.18 Å². The van der Waals surface area contributed by atoms with Gasteiger partial charge in [-0.25, -0.2) is 9.18 Å². The molecule has 24 heavy (non-hydrogen) atoms. The van der Waals surface area contributed by atoms with Gasteiger partial charge in [-0.3, -0.25) is 4.98 Å². The molecule has 2 aromatic rings. The highest BCUT2D eigenvalue weighted by molar-refractivity contribution is 6.42. The van der Waals surface area contributed by atoms with Gasteiger partial charge in [-0.05, 0) is 48.6 Å². The lowest BCUT2D eigenvalue weighted by Crippen LogP contribution is -2.44. The lowest BCUT2D eigenvalue weighted by molar-refractivity contribution is 0.178. The summed E-state index contributed by atoms with van der Waals surface area (Å²) in [5.41, 5.74) is 2.08. The monoisotopic (exact) mass is 365 g/mol. The van der Waals surface area contributed by atoms with E-state index in [0.29, 0.717) is 27.7 Å². The normalized spacial score (nSPS) is 21.5. The molecule has 124 valence electrons. The van der Waals surface area contributed by atoms with E-state index < -0.39 is 0 Å². The van der Waals surface area contributed by atoms with Crippen molar-refractivity contribution >= 4 is 34.9 Å². The molecule has 0 saturated carbocycles. The average Bonchev–Trinajstić information content (AvgIpc) is 2.87. The van der Waals surface area contributed by atoms with Crippen LogP contribution in [-0.4, -0.2) is 22.0 Å². The maximum atomic E-state index is 14.0. The third-order valence-corrected chi connectivity index (χ3v) is 5.48. The average molecular weight is 366 g/mol. The van der Waals surface area contributed by atoms with E-state index in [0.717, 1.165) is 18.4 Å². The molecule has 0 radical (unpaired) electrons. The number of benzene rings is 1. The minimum Gasteiger partial charge on any atom is -0.314 e. The van der Waals surface area contributed by atoms with Gasteiger partial charge in [-0.1, -0.05) is 23.2 Å². The zero-order chi connectivity index (χ0) is 16.8. The fourth-order valence-corrected chi connectivity index (χ4v) is 3.97. The first-order valence-electron chi connectivity index (χ1n) is 7.71. The van der Waals surface area contributed by atoms with Crippen molar-refractivity contribution in [2.75, 3.05) is 5.32 Å². The summed E-state index contributed by atoms with van der Waals surface area (Å²) >= 11 is 11.9. The highest BCUT2D eigenvalue weighted by Gasteiger charge is 2.43. The lowest BCUT2D eigenvalue weighted by Gasteiger charge is -2.36. The molecule has 1 saturated heterocycles. The largest absolute Gasteiger partial charge is 0.322 e. The van der Waals surface area contributed by atoms with Crippen molar-refractivity contribution in [3.8, 4) is 0 Å². The Kier molecular flexibility index (Phi) is 3.85. The second kappa shape index (κ2) is 5.90. The van der Waals surface area contributed by atoms with Crippen LogP contribution >= 0.6 is 23.2 Å². The predicted octanol–water partition coefficient (Wildman–Crippen LogP) is 4.82. The number of amides is 2. The third-order valence-electron chi connectivity index (χ3n) is 4.74. The van der Waals surface area contributed by atoms with E-state index in [1.54, 1.807) is 29.3 Å². The molecule has 7 heteroatoms. The van der Waals surface area contributed by atoms with Gasteiger partial charge in [0.2, 0.25) is 0 Å². The van der Waals surface area contributed by atoms with Gasteiger partial charge in [0, 0.05) is 17.9 Å². The molecule has 1 aromatic heterocycles. The van der Waals surface area contributed by atoms with Crippen LogP contribution in [0.5, 0.6) is 0 Å². The van der Waals surface area contributed by atoms with Gasteiger partial charge in [0.25, 0.3) is 0 Å². The molecular formula is C17H14Cl2FN3O. The van der Waals surface area contributed by atoms with Crippen molar-refractivity contribution in [2.24, 2.45) is 0 Å². The van der Waals surface area contributed by atoms with E-state index in [1.807, 2.05) is 0 Å². The molecule has 3 heterocycles. The van der Waals surface area contributed by atoms with Crippen LogP contribution in [0.3, 0.4) is 0 Å². The molecule has 2 atom stereocenters. The van der Waals surface area contributed by atoms with Gasteiger partial charge in [0.05, 0.1) is 22.3 Å². The number of rotatable bonds is 1. The number of fused-ring (bicyclic) bond motifs is 4. The molecule has 0 aliphatic carbocycles. The number of carbonyl (C=O) groups excluding carboxylic acids is 1. The number of nitrogens with zero attached hydrogens (tertiary/aromatic N) is 2. The summed E-state index contributed by atoms with van der Waals surface area (Å²) in [6.07, 6.45) is 5.11. The number of carbonyl (C=O) groups is 1. The smallest absolute Gasteiger partial charge is 0.314 e. The number of urea groups is 1. The first-order chi connectivity index (χ1) is 11.5. The van der Waals surface area contributed by atoms with Crippen molar-refractivity contribution in [2.45, 2.75) is 31.3 Å².